The van der Waals surface area contributed by atoms with Gasteiger partial charge in [-0.1, -0.05) is 23.2 Å². The van der Waals surface area contributed by atoms with E-state index in [0.717, 1.165) is 0 Å². The van der Waals surface area contributed by atoms with Gasteiger partial charge in [-0.05, 0) is 37.1 Å². The summed E-state index contributed by atoms with van der Waals surface area (Å²) in [4.78, 5) is 4.34. The summed E-state index contributed by atoms with van der Waals surface area (Å²) < 4.78 is 25.1. The summed E-state index contributed by atoms with van der Waals surface area (Å²) in [5.74, 6) is 0.728. The maximum Gasteiger partial charge on any atom is 0.214 e. The highest BCUT2D eigenvalue weighted by molar-refractivity contribution is 14.0. The lowest BCUT2D eigenvalue weighted by Crippen LogP contribution is -2.42. The van der Waals surface area contributed by atoms with Gasteiger partial charge in [0.15, 0.2) is 5.96 Å². The zero-order valence-electron chi connectivity index (χ0n) is 15.0. The van der Waals surface area contributed by atoms with Crippen molar-refractivity contribution in [2.75, 3.05) is 38.5 Å². The maximum atomic E-state index is 11.8. The van der Waals surface area contributed by atoms with Crippen LogP contribution < -0.4 is 10.6 Å². The van der Waals surface area contributed by atoms with E-state index in [1.165, 1.54) is 4.31 Å². The minimum absolute atomic E-state index is 0. The topological polar surface area (TPSA) is 94.0 Å². The van der Waals surface area contributed by atoms with Crippen molar-refractivity contribution in [2.24, 2.45) is 4.99 Å². The lowest BCUT2D eigenvalue weighted by molar-refractivity contribution is 0.187. The van der Waals surface area contributed by atoms with Crippen LogP contribution in [0, 0.1) is 0 Å². The van der Waals surface area contributed by atoms with Crippen molar-refractivity contribution < 1.29 is 13.5 Å². The Balaban J connectivity index is 0.00000364. The number of hydrogen-bond acceptors (Lipinski definition) is 4. The standard InChI is InChI=1S/C16H24Cl2N4O3S.HI/c1-2-19-16(20-4-6-22-5-3-7-26(22,24)25)21-11-15(23)12-8-13(17)10-14(18)9-12;/h8-10,15,23H,2-7,11H2,1H3,(H2,19,20,21);1H. The van der Waals surface area contributed by atoms with Gasteiger partial charge in [0.2, 0.25) is 10.0 Å². The quantitative estimate of drug-likeness (QED) is 0.275. The first-order valence-corrected chi connectivity index (χ1v) is 10.8. The third-order valence-electron chi connectivity index (χ3n) is 3.89. The second kappa shape index (κ2) is 11.6. The molecule has 27 heavy (non-hydrogen) atoms. The third-order valence-corrected chi connectivity index (χ3v) is 6.29. The van der Waals surface area contributed by atoms with Gasteiger partial charge in [-0.3, -0.25) is 4.99 Å². The molecule has 0 bridgehead atoms. The van der Waals surface area contributed by atoms with E-state index >= 15 is 0 Å². The first-order chi connectivity index (χ1) is 12.3. The number of sulfonamides is 1. The predicted octanol–water partition coefficient (Wildman–Crippen LogP) is 2.24. The monoisotopic (exact) mass is 550 g/mol. The number of aliphatic hydroxyl groups excluding tert-OH is 1. The molecule has 0 saturated carbocycles. The second-order valence-electron chi connectivity index (χ2n) is 5.93. The average Bonchev–Trinajstić information content (AvgIpc) is 2.90. The molecule has 3 N–H and O–H groups in total. The van der Waals surface area contributed by atoms with Gasteiger partial charge in [0.05, 0.1) is 18.4 Å². The van der Waals surface area contributed by atoms with Gasteiger partial charge in [-0.25, -0.2) is 12.7 Å². The molecule has 0 aromatic heterocycles. The number of benzene rings is 1. The molecule has 0 amide bonds. The van der Waals surface area contributed by atoms with Crippen molar-refractivity contribution in [3.8, 4) is 0 Å². The highest BCUT2D eigenvalue weighted by atomic mass is 127. The van der Waals surface area contributed by atoms with E-state index < -0.39 is 16.1 Å². The van der Waals surface area contributed by atoms with Crippen LogP contribution in [0.25, 0.3) is 0 Å². The van der Waals surface area contributed by atoms with Crippen LogP contribution in [0.2, 0.25) is 10.0 Å². The van der Waals surface area contributed by atoms with Crippen LogP contribution in [0.4, 0.5) is 0 Å². The summed E-state index contributed by atoms with van der Waals surface area (Å²) in [5, 5.41) is 17.3. The fourth-order valence-corrected chi connectivity index (χ4v) is 4.71. The van der Waals surface area contributed by atoms with E-state index in [0.29, 0.717) is 54.2 Å². The number of nitrogens with one attached hydrogen (secondary N) is 2. The molecule has 0 radical (unpaired) electrons. The maximum absolute atomic E-state index is 11.8. The van der Waals surface area contributed by atoms with Crippen LogP contribution in [-0.2, 0) is 10.0 Å². The van der Waals surface area contributed by atoms with Crippen molar-refractivity contribution in [2.45, 2.75) is 19.4 Å². The minimum Gasteiger partial charge on any atom is -0.386 e. The van der Waals surface area contributed by atoms with Crippen molar-refractivity contribution in [3.63, 3.8) is 0 Å². The second-order valence-corrected chi connectivity index (χ2v) is 8.89. The fourth-order valence-electron chi connectivity index (χ4n) is 2.63. The Morgan fingerprint density at radius 2 is 1.96 bits per heavy atom. The summed E-state index contributed by atoms with van der Waals surface area (Å²) >= 11 is 11.9. The van der Waals surface area contributed by atoms with Crippen LogP contribution >= 0.6 is 47.2 Å². The molecule has 1 aromatic carbocycles. The number of halogens is 3. The Labute approximate surface area is 187 Å². The van der Waals surface area contributed by atoms with Gasteiger partial charge >= 0.3 is 0 Å². The highest BCUT2D eigenvalue weighted by Crippen LogP contribution is 2.23. The molecule has 0 spiro atoms. The predicted molar refractivity (Wildman–Crippen MR) is 121 cm³/mol. The first-order valence-electron chi connectivity index (χ1n) is 8.46. The molecular formula is C16H25Cl2IN4O3S. The van der Waals surface area contributed by atoms with Crippen molar-refractivity contribution >= 4 is 63.2 Å². The normalized spacial score (nSPS) is 18.0. The molecule has 1 unspecified atom stereocenters. The molecule has 154 valence electrons. The van der Waals surface area contributed by atoms with Gasteiger partial charge in [0, 0.05) is 36.2 Å². The smallest absolute Gasteiger partial charge is 0.214 e. The van der Waals surface area contributed by atoms with Crippen LogP contribution in [0.5, 0.6) is 0 Å². The zero-order chi connectivity index (χ0) is 19.2. The van der Waals surface area contributed by atoms with E-state index in [2.05, 4.69) is 15.6 Å². The molecule has 1 atom stereocenters. The number of nitrogens with zero attached hydrogens (tertiary/aromatic N) is 2. The third kappa shape index (κ3) is 7.90. The Kier molecular flexibility index (Phi) is 10.6. The first kappa shape index (κ1) is 24.7. The molecule has 1 aliphatic rings. The van der Waals surface area contributed by atoms with Gasteiger partial charge < -0.3 is 15.7 Å². The molecule has 0 aliphatic carbocycles. The van der Waals surface area contributed by atoms with E-state index in [1.54, 1.807) is 18.2 Å². The molecule has 7 nitrogen and oxygen atoms in total. The molecule has 1 aliphatic heterocycles. The van der Waals surface area contributed by atoms with Crippen molar-refractivity contribution in [3.05, 3.63) is 33.8 Å². The minimum atomic E-state index is -3.10. The van der Waals surface area contributed by atoms with Gasteiger partial charge in [0.25, 0.3) is 0 Å². The summed E-state index contributed by atoms with van der Waals surface area (Å²) in [6.45, 7) is 4.07. The van der Waals surface area contributed by atoms with Gasteiger partial charge in [-0.2, -0.15) is 0 Å². The van der Waals surface area contributed by atoms with Crippen molar-refractivity contribution in [1.82, 2.24) is 14.9 Å². The van der Waals surface area contributed by atoms with E-state index in [4.69, 9.17) is 23.2 Å². The Hall–Kier alpha value is -0.330. The van der Waals surface area contributed by atoms with Crippen LogP contribution in [-0.4, -0.2) is 62.3 Å². The Morgan fingerprint density at radius 3 is 2.52 bits per heavy atom. The Morgan fingerprint density at radius 1 is 1.30 bits per heavy atom. The number of hydrogen-bond donors (Lipinski definition) is 3. The molecule has 1 fully saturated rings. The van der Waals surface area contributed by atoms with E-state index in [1.807, 2.05) is 6.92 Å². The molecule has 2 rings (SSSR count). The lowest BCUT2D eigenvalue weighted by Gasteiger charge is -2.17. The molecular weight excluding hydrogens is 526 g/mol. The van der Waals surface area contributed by atoms with Crippen LogP contribution in [0.1, 0.15) is 25.0 Å². The largest absolute Gasteiger partial charge is 0.386 e. The van der Waals surface area contributed by atoms with Gasteiger partial charge in [-0.15, -0.1) is 24.0 Å². The number of aliphatic hydroxyl groups is 1. The molecule has 1 heterocycles. The summed E-state index contributed by atoms with van der Waals surface area (Å²) in [7, 11) is -3.10. The highest BCUT2D eigenvalue weighted by Gasteiger charge is 2.27. The van der Waals surface area contributed by atoms with Crippen molar-refractivity contribution in [1.29, 1.82) is 0 Å². The molecule has 11 heteroatoms. The molecule has 1 aromatic rings. The van der Waals surface area contributed by atoms with E-state index in [9.17, 15) is 13.5 Å². The number of aliphatic imine (C=N–C) groups is 1. The fraction of sp³-hybridized carbons (Fsp3) is 0.562. The zero-order valence-corrected chi connectivity index (χ0v) is 19.6. The lowest BCUT2D eigenvalue weighted by atomic mass is 10.1. The molecule has 1 saturated heterocycles. The van der Waals surface area contributed by atoms with Gasteiger partial charge in [0.1, 0.15) is 0 Å². The SMILES string of the molecule is CCNC(=NCC(O)c1cc(Cl)cc(Cl)c1)NCCN1CCCS1(=O)=O.I. The average molecular weight is 551 g/mol. The van der Waals surface area contributed by atoms with Crippen LogP contribution in [0.3, 0.4) is 0 Å². The number of guanidine groups is 1. The number of rotatable bonds is 7. The summed E-state index contributed by atoms with van der Waals surface area (Å²) in [6.07, 6.45) is -0.175. The van der Waals surface area contributed by atoms with E-state index in [-0.39, 0.29) is 36.3 Å². The summed E-state index contributed by atoms with van der Waals surface area (Å²) in [5.41, 5.74) is 0.588. The Bertz CT molecular complexity index is 729. The summed E-state index contributed by atoms with van der Waals surface area (Å²) in [6, 6.07) is 4.89. The van der Waals surface area contributed by atoms with Crippen LogP contribution in [0.15, 0.2) is 23.2 Å².